The number of oxime groups is 1. The summed E-state index contributed by atoms with van der Waals surface area (Å²) in [7, 11) is 0. The predicted octanol–water partition coefficient (Wildman–Crippen LogP) is 1.18. The molecule has 2 unspecified atom stereocenters. The second-order valence-electron chi connectivity index (χ2n) is 6.04. The van der Waals surface area contributed by atoms with Crippen molar-refractivity contribution in [1.29, 1.82) is 0 Å². The minimum atomic E-state index is -0.891. The van der Waals surface area contributed by atoms with E-state index in [0.717, 1.165) is 19.4 Å². The molecule has 3 N–H and O–H groups in total. The summed E-state index contributed by atoms with van der Waals surface area (Å²) in [6.07, 6.45) is 3.13. The number of piperidine rings is 1. The number of carbonyl (C=O) groups is 1. The van der Waals surface area contributed by atoms with Crippen molar-refractivity contribution >= 4 is 11.7 Å². The Labute approximate surface area is 119 Å². The topological polar surface area (TPSA) is 88.2 Å². The Morgan fingerprint density at radius 1 is 1.40 bits per heavy atom. The van der Waals surface area contributed by atoms with Gasteiger partial charge in [0, 0.05) is 25.8 Å². The molecule has 0 saturated carbocycles. The fourth-order valence-corrected chi connectivity index (χ4v) is 3.29. The Morgan fingerprint density at radius 3 is 2.65 bits per heavy atom. The molecule has 2 atom stereocenters. The van der Waals surface area contributed by atoms with Crippen molar-refractivity contribution in [2.75, 3.05) is 19.8 Å². The zero-order chi connectivity index (χ0) is 14.8. The van der Waals surface area contributed by atoms with Crippen molar-refractivity contribution in [2.24, 2.45) is 22.2 Å². The second kappa shape index (κ2) is 5.99. The van der Waals surface area contributed by atoms with Crippen molar-refractivity contribution in [1.82, 2.24) is 4.90 Å². The van der Waals surface area contributed by atoms with E-state index in [1.54, 1.807) is 0 Å². The summed E-state index contributed by atoms with van der Waals surface area (Å²) in [5, 5.41) is 12.2. The molecule has 2 saturated heterocycles. The second-order valence-corrected chi connectivity index (χ2v) is 6.04. The molecule has 0 aliphatic carbocycles. The smallest absolute Gasteiger partial charge is 0.236 e. The first-order valence-electron chi connectivity index (χ1n) is 7.40. The van der Waals surface area contributed by atoms with Gasteiger partial charge in [0.25, 0.3) is 0 Å². The van der Waals surface area contributed by atoms with E-state index < -0.39 is 5.41 Å². The van der Waals surface area contributed by atoms with Crippen molar-refractivity contribution in [3.05, 3.63) is 0 Å². The lowest BCUT2D eigenvalue weighted by atomic mass is 9.76. The Kier molecular flexibility index (Phi) is 4.52. The molecule has 0 bridgehead atoms. The van der Waals surface area contributed by atoms with Gasteiger partial charge in [-0.1, -0.05) is 12.1 Å². The lowest BCUT2D eigenvalue weighted by molar-refractivity contribution is -0.147. The van der Waals surface area contributed by atoms with Crippen LogP contribution in [0.25, 0.3) is 0 Å². The lowest BCUT2D eigenvalue weighted by Crippen LogP contribution is -2.58. The van der Waals surface area contributed by atoms with Gasteiger partial charge < -0.3 is 20.6 Å². The van der Waals surface area contributed by atoms with E-state index in [2.05, 4.69) is 19.0 Å². The van der Waals surface area contributed by atoms with Crippen molar-refractivity contribution in [3.63, 3.8) is 0 Å². The maximum atomic E-state index is 13.0. The molecule has 0 aromatic rings. The van der Waals surface area contributed by atoms with Gasteiger partial charge in [-0.3, -0.25) is 4.79 Å². The molecule has 2 aliphatic heterocycles. The highest BCUT2D eigenvalue weighted by molar-refractivity contribution is 6.07. The van der Waals surface area contributed by atoms with Crippen molar-refractivity contribution in [3.8, 4) is 0 Å². The number of amides is 1. The first-order chi connectivity index (χ1) is 9.53. The van der Waals surface area contributed by atoms with E-state index in [9.17, 15) is 4.79 Å². The Morgan fingerprint density at radius 2 is 2.05 bits per heavy atom. The number of nitrogens with zero attached hydrogens (tertiary/aromatic N) is 2. The van der Waals surface area contributed by atoms with Gasteiger partial charge in [0.05, 0.1) is 0 Å². The summed E-state index contributed by atoms with van der Waals surface area (Å²) in [6.45, 7) is 5.95. The molecule has 0 spiro atoms. The van der Waals surface area contributed by atoms with Gasteiger partial charge in [-0.05, 0) is 38.5 Å². The van der Waals surface area contributed by atoms with E-state index in [1.807, 2.05) is 4.90 Å². The summed E-state index contributed by atoms with van der Waals surface area (Å²) in [5.74, 6) is 0.503. The fraction of sp³-hybridized carbons (Fsp3) is 0.857. The first-order valence-corrected chi connectivity index (χ1v) is 7.40. The highest BCUT2D eigenvalue weighted by atomic mass is 16.5. The molecule has 2 rings (SSSR count). The van der Waals surface area contributed by atoms with Crippen LogP contribution < -0.4 is 5.73 Å². The number of carbonyl (C=O) groups excluding carboxylic acids is 1. The number of rotatable bonds is 2. The van der Waals surface area contributed by atoms with E-state index in [-0.39, 0.29) is 17.8 Å². The molecule has 114 valence electrons. The third kappa shape index (κ3) is 2.49. The Hall–Kier alpha value is -1.30. The Balaban J connectivity index is 2.26. The molecule has 1 amide bonds. The van der Waals surface area contributed by atoms with E-state index in [0.29, 0.717) is 32.0 Å². The average molecular weight is 283 g/mol. The minimum absolute atomic E-state index is 0.00449. The lowest BCUT2D eigenvalue weighted by Gasteiger charge is -2.44. The maximum Gasteiger partial charge on any atom is 0.236 e. The van der Waals surface area contributed by atoms with Gasteiger partial charge in [0.15, 0.2) is 5.84 Å². The molecular weight excluding hydrogens is 258 g/mol. The maximum absolute atomic E-state index is 13.0. The van der Waals surface area contributed by atoms with Gasteiger partial charge in [0.1, 0.15) is 5.41 Å². The molecule has 20 heavy (non-hydrogen) atoms. The van der Waals surface area contributed by atoms with Gasteiger partial charge in [0.2, 0.25) is 5.91 Å². The molecule has 2 aliphatic rings. The van der Waals surface area contributed by atoms with Crippen LogP contribution in [0.15, 0.2) is 5.16 Å². The summed E-state index contributed by atoms with van der Waals surface area (Å²) < 4.78 is 5.34. The van der Waals surface area contributed by atoms with Crippen LogP contribution in [0, 0.1) is 11.3 Å². The number of hydrogen-bond acceptors (Lipinski definition) is 4. The normalized spacial score (nSPS) is 31.1. The third-order valence-corrected chi connectivity index (χ3v) is 4.99. The van der Waals surface area contributed by atoms with Crippen LogP contribution in [0.4, 0.5) is 0 Å². The third-order valence-electron chi connectivity index (χ3n) is 4.99. The summed E-state index contributed by atoms with van der Waals surface area (Å²) in [4.78, 5) is 14.9. The van der Waals surface area contributed by atoms with Crippen molar-refractivity contribution in [2.45, 2.75) is 45.6 Å². The number of amidine groups is 1. The highest BCUT2D eigenvalue weighted by Crippen LogP contribution is 2.36. The number of likely N-dealkylation sites (tertiary alicyclic amines) is 1. The highest BCUT2D eigenvalue weighted by Gasteiger charge is 2.48. The van der Waals surface area contributed by atoms with Crippen LogP contribution in [0.1, 0.15) is 39.5 Å². The molecule has 6 heteroatoms. The van der Waals surface area contributed by atoms with Crippen LogP contribution >= 0.6 is 0 Å². The number of ether oxygens (including phenoxy) is 1. The molecule has 2 fully saturated rings. The fourth-order valence-electron chi connectivity index (χ4n) is 3.29. The zero-order valence-electron chi connectivity index (χ0n) is 12.3. The monoisotopic (exact) mass is 283 g/mol. The van der Waals surface area contributed by atoms with Crippen LogP contribution in [0.2, 0.25) is 0 Å². The predicted molar refractivity (Wildman–Crippen MR) is 75.5 cm³/mol. The number of nitrogens with two attached hydrogens (primary N) is 1. The van der Waals surface area contributed by atoms with Crippen molar-refractivity contribution < 1.29 is 14.7 Å². The quantitative estimate of drug-likeness (QED) is 0.345. The number of hydrogen-bond donors (Lipinski definition) is 2. The zero-order valence-corrected chi connectivity index (χ0v) is 12.3. The van der Waals surface area contributed by atoms with Gasteiger partial charge in [-0.25, -0.2) is 0 Å². The minimum Gasteiger partial charge on any atom is -0.409 e. The average Bonchev–Trinajstić information content (AvgIpc) is 2.49. The Bertz CT molecular complexity index is 391. The SMILES string of the molecule is CC1CCCN(C(=O)C2(C(N)=NO)CCOCC2)C1C. The van der Waals surface area contributed by atoms with Gasteiger partial charge in [-0.15, -0.1) is 0 Å². The molecule has 6 nitrogen and oxygen atoms in total. The van der Waals surface area contributed by atoms with Gasteiger partial charge >= 0.3 is 0 Å². The molecule has 2 heterocycles. The summed E-state index contributed by atoms with van der Waals surface area (Å²) in [6, 6.07) is 0.197. The molecule has 0 aromatic carbocycles. The summed E-state index contributed by atoms with van der Waals surface area (Å²) >= 11 is 0. The largest absolute Gasteiger partial charge is 0.409 e. The summed E-state index contributed by atoms with van der Waals surface area (Å²) in [5.41, 5.74) is 4.98. The van der Waals surface area contributed by atoms with E-state index in [4.69, 9.17) is 15.7 Å². The molecule has 0 radical (unpaired) electrons. The van der Waals surface area contributed by atoms with E-state index in [1.165, 1.54) is 0 Å². The van der Waals surface area contributed by atoms with Crippen LogP contribution in [-0.2, 0) is 9.53 Å². The standard InChI is InChI=1S/C14H25N3O3/c1-10-4-3-7-17(11(10)2)13(18)14(12(15)16-19)5-8-20-9-6-14/h10-11,19H,3-9H2,1-2H3,(H2,15,16). The van der Waals surface area contributed by atoms with Crippen LogP contribution in [0.5, 0.6) is 0 Å². The molecular formula is C14H25N3O3. The first kappa shape index (κ1) is 15.1. The molecule has 0 aromatic heterocycles. The van der Waals surface area contributed by atoms with Crippen LogP contribution in [0.3, 0.4) is 0 Å². The van der Waals surface area contributed by atoms with Gasteiger partial charge in [-0.2, -0.15) is 0 Å². The van der Waals surface area contributed by atoms with E-state index >= 15 is 0 Å². The van der Waals surface area contributed by atoms with Crippen LogP contribution in [-0.4, -0.2) is 47.7 Å².